The summed E-state index contributed by atoms with van der Waals surface area (Å²) >= 11 is 0. The van der Waals surface area contributed by atoms with Crippen LogP contribution >= 0.6 is 0 Å². The molecule has 0 saturated heterocycles. The van der Waals surface area contributed by atoms with Crippen LogP contribution in [0.25, 0.3) is 5.69 Å². The number of carbonyl (C=O) groups is 1. The van der Waals surface area contributed by atoms with Gasteiger partial charge in [-0.15, -0.1) is 0 Å². The average Bonchev–Trinajstić information content (AvgIpc) is 3.22. The third kappa shape index (κ3) is 3.57. The van der Waals surface area contributed by atoms with Gasteiger partial charge in [0.25, 0.3) is 5.91 Å². The van der Waals surface area contributed by atoms with Crippen molar-refractivity contribution >= 4 is 5.91 Å². The predicted octanol–water partition coefficient (Wildman–Crippen LogP) is 4.54. The number of rotatable bonds is 6. The lowest BCUT2D eigenvalue weighted by molar-refractivity contribution is -0.0167. The van der Waals surface area contributed by atoms with Gasteiger partial charge < -0.3 is 10.1 Å². The molecule has 0 atom stereocenters. The minimum atomic E-state index is -0.0705. The molecule has 6 nitrogen and oxygen atoms in total. The zero-order valence-corrected chi connectivity index (χ0v) is 18.1. The topological polar surface area (TPSA) is 69.0 Å². The van der Waals surface area contributed by atoms with Crippen LogP contribution in [0.15, 0.2) is 61.1 Å². The minimum Gasteiger partial charge on any atom is -0.472 e. The van der Waals surface area contributed by atoms with Crippen molar-refractivity contribution in [2.75, 3.05) is 0 Å². The van der Waals surface area contributed by atoms with E-state index < -0.39 is 0 Å². The number of carbonyl (C=O) groups excluding carboxylic acids is 1. The lowest BCUT2D eigenvalue weighted by Gasteiger charge is -2.56. The number of nitrogens with zero attached hydrogens (tertiary/aromatic N) is 3. The van der Waals surface area contributed by atoms with Crippen molar-refractivity contribution in [2.24, 2.45) is 17.8 Å². The smallest absolute Gasteiger partial charge is 0.258 e. The van der Waals surface area contributed by atoms with Gasteiger partial charge in [0, 0.05) is 17.9 Å². The highest BCUT2D eigenvalue weighted by Crippen LogP contribution is 2.55. The van der Waals surface area contributed by atoms with Crippen LogP contribution in [-0.4, -0.2) is 26.2 Å². The van der Waals surface area contributed by atoms with Gasteiger partial charge in [0.05, 0.1) is 11.9 Å². The fourth-order valence-corrected chi connectivity index (χ4v) is 6.59. The van der Waals surface area contributed by atoms with E-state index in [1.807, 2.05) is 42.5 Å². The second-order valence-corrected chi connectivity index (χ2v) is 9.91. The van der Waals surface area contributed by atoms with Gasteiger partial charge in [-0.3, -0.25) is 9.78 Å². The summed E-state index contributed by atoms with van der Waals surface area (Å²) in [4.78, 5) is 17.6. The van der Waals surface area contributed by atoms with E-state index in [0.717, 1.165) is 48.3 Å². The van der Waals surface area contributed by atoms with Gasteiger partial charge in [-0.1, -0.05) is 18.2 Å². The molecule has 1 aromatic carbocycles. The van der Waals surface area contributed by atoms with E-state index in [4.69, 9.17) is 4.74 Å². The standard InChI is InChI=1S/C26H28N4O2/c31-24(29-26-13-19-10-20(14-26)12-21(11-19)15-26)23-16-28-30(22-4-2-1-3-5-22)25(23)32-17-18-6-8-27-9-7-18/h1-9,16,19-21H,10-15,17H2,(H,29,31). The van der Waals surface area contributed by atoms with E-state index in [1.54, 1.807) is 23.3 Å². The molecule has 4 fully saturated rings. The molecule has 164 valence electrons. The van der Waals surface area contributed by atoms with E-state index in [2.05, 4.69) is 15.4 Å². The highest BCUT2D eigenvalue weighted by Gasteiger charge is 2.51. The number of hydrogen-bond donors (Lipinski definition) is 1. The average molecular weight is 429 g/mol. The van der Waals surface area contributed by atoms with Gasteiger partial charge in [-0.05, 0) is 86.1 Å². The van der Waals surface area contributed by atoms with Crippen molar-refractivity contribution in [1.29, 1.82) is 0 Å². The van der Waals surface area contributed by atoms with Crippen LogP contribution in [0.3, 0.4) is 0 Å². The SMILES string of the molecule is O=C(NC12CC3CC(CC(C3)C1)C2)c1cnn(-c2ccccc2)c1OCc1ccncc1. The summed E-state index contributed by atoms with van der Waals surface area (Å²) < 4.78 is 7.92. The van der Waals surface area contributed by atoms with Crippen LogP contribution in [0.4, 0.5) is 0 Å². The first-order valence-electron chi connectivity index (χ1n) is 11.7. The molecule has 4 aliphatic rings. The molecule has 3 aromatic rings. The van der Waals surface area contributed by atoms with Crippen molar-refractivity contribution in [3.8, 4) is 11.6 Å². The Bertz CT molecular complexity index is 1070. The molecular weight excluding hydrogens is 400 g/mol. The summed E-state index contributed by atoms with van der Waals surface area (Å²) in [6.45, 7) is 0.346. The molecule has 2 aromatic heterocycles. The highest BCUT2D eigenvalue weighted by molar-refractivity contribution is 5.97. The number of ether oxygens (including phenoxy) is 1. The summed E-state index contributed by atoms with van der Waals surface area (Å²) in [6, 6.07) is 13.6. The molecule has 2 heterocycles. The summed E-state index contributed by atoms with van der Waals surface area (Å²) in [7, 11) is 0. The fourth-order valence-electron chi connectivity index (χ4n) is 6.59. The quantitative estimate of drug-likeness (QED) is 0.626. The number of nitrogens with one attached hydrogen (secondary N) is 1. The molecule has 32 heavy (non-hydrogen) atoms. The van der Waals surface area contributed by atoms with Gasteiger partial charge in [0.1, 0.15) is 12.2 Å². The Morgan fingerprint density at radius 3 is 2.31 bits per heavy atom. The maximum absolute atomic E-state index is 13.6. The number of benzene rings is 1. The minimum absolute atomic E-state index is 0.0525. The molecule has 1 N–H and O–H groups in total. The fraction of sp³-hybridized carbons (Fsp3) is 0.423. The van der Waals surface area contributed by atoms with Crippen molar-refractivity contribution < 1.29 is 9.53 Å². The van der Waals surface area contributed by atoms with Crippen LogP contribution in [-0.2, 0) is 6.61 Å². The van der Waals surface area contributed by atoms with Crippen LogP contribution in [0.1, 0.15) is 54.4 Å². The third-order valence-electron chi connectivity index (χ3n) is 7.51. The van der Waals surface area contributed by atoms with Crippen LogP contribution in [0.5, 0.6) is 5.88 Å². The summed E-state index contributed by atoms with van der Waals surface area (Å²) in [5.41, 5.74) is 2.31. The summed E-state index contributed by atoms with van der Waals surface area (Å²) in [6.07, 6.45) is 12.5. The maximum Gasteiger partial charge on any atom is 0.258 e. The summed E-state index contributed by atoms with van der Waals surface area (Å²) in [5.74, 6) is 2.73. The number of aromatic nitrogens is 3. The van der Waals surface area contributed by atoms with E-state index in [0.29, 0.717) is 18.1 Å². The van der Waals surface area contributed by atoms with E-state index in [-0.39, 0.29) is 11.4 Å². The number of amides is 1. The Balaban J connectivity index is 1.29. The lowest BCUT2D eigenvalue weighted by Crippen LogP contribution is -2.59. The Morgan fingerprint density at radius 1 is 1.00 bits per heavy atom. The first-order valence-corrected chi connectivity index (χ1v) is 11.7. The number of hydrogen-bond acceptors (Lipinski definition) is 4. The van der Waals surface area contributed by atoms with Gasteiger partial charge in [-0.2, -0.15) is 5.10 Å². The van der Waals surface area contributed by atoms with Gasteiger partial charge in [0.15, 0.2) is 0 Å². The number of pyridine rings is 1. The predicted molar refractivity (Wildman–Crippen MR) is 121 cm³/mol. The van der Waals surface area contributed by atoms with Crippen molar-refractivity contribution in [3.05, 3.63) is 72.2 Å². The van der Waals surface area contributed by atoms with Crippen molar-refractivity contribution in [3.63, 3.8) is 0 Å². The molecule has 1 amide bonds. The molecule has 0 unspecified atom stereocenters. The van der Waals surface area contributed by atoms with Crippen LogP contribution in [0, 0.1) is 17.8 Å². The Kier molecular flexibility index (Phi) is 4.74. The third-order valence-corrected chi connectivity index (χ3v) is 7.51. The van der Waals surface area contributed by atoms with E-state index >= 15 is 0 Å². The van der Waals surface area contributed by atoms with Gasteiger partial charge in [0.2, 0.25) is 5.88 Å². The maximum atomic E-state index is 13.6. The largest absolute Gasteiger partial charge is 0.472 e. The zero-order chi connectivity index (χ0) is 21.5. The molecule has 6 heteroatoms. The van der Waals surface area contributed by atoms with Crippen LogP contribution < -0.4 is 10.1 Å². The monoisotopic (exact) mass is 428 g/mol. The molecule has 0 aliphatic heterocycles. The molecule has 7 rings (SSSR count). The number of para-hydroxylation sites is 1. The normalized spacial score (nSPS) is 27.9. The van der Waals surface area contributed by atoms with Gasteiger partial charge in [-0.25, -0.2) is 4.68 Å². The first kappa shape index (κ1) is 19.5. The van der Waals surface area contributed by atoms with Crippen molar-refractivity contribution in [1.82, 2.24) is 20.1 Å². The second kappa shape index (κ2) is 7.76. The second-order valence-electron chi connectivity index (χ2n) is 9.91. The molecule has 4 saturated carbocycles. The molecule has 4 bridgehead atoms. The molecular formula is C26H28N4O2. The summed E-state index contributed by atoms with van der Waals surface area (Å²) in [5, 5.41) is 7.99. The molecule has 0 spiro atoms. The Morgan fingerprint density at radius 2 is 1.66 bits per heavy atom. The lowest BCUT2D eigenvalue weighted by atomic mass is 9.53. The van der Waals surface area contributed by atoms with Crippen LogP contribution in [0.2, 0.25) is 0 Å². The van der Waals surface area contributed by atoms with Gasteiger partial charge >= 0.3 is 0 Å². The molecule has 4 aliphatic carbocycles. The highest BCUT2D eigenvalue weighted by atomic mass is 16.5. The Labute approximate surface area is 188 Å². The Hall–Kier alpha value is -3.15. The van der Waals surface area contributed by atoms with E-state index in [1.165, 1.54) is 19.3 Å². The van der Waals surface area contributed by atoms with E-state index in [9.17, 15) is 4.79 Å². The first-order chi connectivity index (χ1) is 15.7. The zero-order valence-electron chi connectivity index (χ0n) is 18.1. The van der Waals surface area contributed by atoms with Crippen molar-refractivity contribution in [2.45, 2.75) is 50.7 Å². The molecule has 0 radical (unpaired) electrons.